The van der Waals surface area contributed by atoms with Crippen molar-refractivity contribution in [2.24, 2.45) is 10.9 Å². The molecule has 1 aliphatic carbocycles. The van der Waals surface area contributed by atoms with Crippen LogP contribution in [0.2, 0.25) is 0 Å². The van der Waals surface area contributed by atoms with E-state index in [1.807, 2.05) is 10.0 Å². The smallest absolute Gasteiger partial charge is 0.416 e. The van der Waals surface area contributed by atoms with Gasteiger partial charge in [-0.05, 0) is 48.4 Å². The lowest BCUT2D eigenvalue weighted by molar-refractivity contribution is -0.137. The first kappa shape index (κ1) is 20.6. The van der Waals surface area contributed by atoms with Gasteiger partial charge < -0.3 is 4.74 Å². The van der Waals surface area contributed by atoms with Crippen molar-refractivity contribution in [3.63, 3.8) is 0 Å². The number of halogens is 3. The van der Waals surface area contributed by atoms with Crippen molar-refractivity contribution in [1.29, 1.82) is 0 Å². The number of alkyl halides is 3. The van der Waals surface area contributed by atoms with Crippen LogP contribution in [-0.2, 0) is 18.1 Å². The number of aromatic nitrogens is 1. The van der Waals surface area contributed by atoms with Crippen LogP contribution in [0.5, 0.6) is 5.75 Å². The lowest BCUT2D eigenvalue weighted by atomic mass is 9.95. The van der Waals surface area contributed by atoms with Gasteiger partial charge in [0.1, 0.15) is 11.2 Å². The fourth-order valence-corrected chi connectivity index (χ4v) is 3.85. The zero-order chi connectivity index (χ0) is 20.7. The highest BCUT2D eigenvalue weighted by Crippen LogP contribution is 2.34. The summed E-state index contributed by atoms with van der Waals surface area (Å²) in [5.74, 6) is -0.101. The monoisotopic (exact) mass is 412 g/mol. The Bertz CT molecular complexity index is 948. The standard InChI is InChI=1S/C20H23F3N2O2S/c1-19(2,3)16-10-17(25(28-16)11-12-5-6-12)24-18(26)14-9-13(20(21,22)23)7-8-15(14)27-4/h7-10,12H,5-6,11H2,1-4H3/b24-17+. The molecule has 0 unspecified atom stereocenters. The van der Waals surface area contributed by atoms with Gasteiger partial charge in [-0.2, -0.15) is 18.2 Å². The first-order chi connectivity index (χ1) is 13.0. The summed E-state index contributed by atoms with van der Waals surface area (Å²) in [6, 6.07) is 4.70. The van der Waals surface area contributed by atoms with E-state index < -0.39 is 17.6 Å². The van der Waals surface area contributed by atoms with Gasteiger partial charge in [-0.1, -0.05) is 32.3 Å². The van der Waals surface area contributed by atoms with E-state index in [-0.39, 0.29) is 16.7 Å². The molecule has 2 aromatic rings. The van der Waals surface area contributed by atoms with Crippen LogP contribution in [0.3, 0.4) is 0 Å². The molecule has 1 fully saturated rings. The van der Waals surface area contributed by atoms with E-state index in [9.17, 15) is 18.0 Å². The molecule has 0 radical (unpaired) electrons. The predicted molar refractivity (Wildman–Crippen MR) is 102 cm³/mol. The van der Waals surface area contributed by atoms with Crippen LogP contribution in [-0.4, -0.2) is 17.0 Å². The summed E-state index contributed by atoms with van der Waals surface area (Å²) in [6.07, 6.45) is -2.26. The first-order valence-corrected chi connectivity index (χ1v) is 9.82. The quantitative estimate of drug-likeness (QED) is 0.707. The molecule has 1 saturated carbocycles. The molecular formula is C20H23F3N2O2S. The summed E-state index contributed by atoms with van der Waals surface area (Å²) in [7, 11) is 1.31. The molecule has 1 heterocycles. The van der Waals surface area contributed by atoms with Crippen LogP contribution in [0.4, 0.5) is 13.2 Å². The number of benzene rings is 1. The molecule has 0 spiro atoms. The topological polar surface area (TPSA) is 43.6 Å². The maximum atomic E-state index is 13.1. The Morgan fingerprint density at radius 3 is 2.46 bits per heavy atom. The molecule has 8 heteroatoms. The highest BCUT2D eigenvalue weighted by Gasteiger charge is 2.32. The number of amides is 1. The Morgan fingerprint density at radius 2 is 1.93 bits per heavy atom. The zero-order valence-electron chi connectivity index (χ0n) is 16.3. The van der Waals surface area contributed by atoms with E-state index in [4.69, 9.17) is 4.74 Å². The lowest BCUT2D eigenvalue weighted by Gasteiger charge is -2.14. The third kappa shape index (κ3) is 4.66. The van der Waals surface area contributed by atoms with Crippen LogP contribution >= 0.6 is 11.5 Å². The van der Waals surface area contributed by atoms with Gasteiger partial charge >= 0.3 is 6.18 Å². The van der Waals surface area contributed by atoms with Crippen molar-refractivity contribution in [1.82, 2.24) is 3.96 Å². The Hall–Kier alpha value is -2.09. The number of hydrogen-bond acceptors (Lipinski definition) is 3. The molecule has 152 valence electrons. The van der Waals surface area contributed by atoms with E-state index in [2.05, 4.69) is 25.8 Å². The highest BCUT2D eigenvalue weighted by atomic mass is 32.1. The van der Waals surface area contributed by atoms with Crippen molar-refractivity contribution in [2.45, 2.75) is 51.7 Å². The number of rotatable bonds is 4. The Labute approximate surface area is 165 Å². The molecule has 1 aliphatic rings. The Balaban J connectivity index is 2.06. The van der Waals surface area contributed by atoms with E-state index in [0.717, 1.165) is 42.5 Å². The van der Waals surface area contributed by atoms with Gasteiger partial charge in [0, 0.05) is 11.4 Å². The van der Waals surface area contributed by atoms with Gasteiger partial charge in [0.05, 0.1) is 18.2 Å². The zero-order valence-corrected chi connectivity index (χ0v) is 17.1. The van der Waals surface area contributed by atoms with E-state index >= 15 is 0 Å². The number of methoxy groups -OCH3 is 1. The summed E-state index contributed by atoms with van der Waals surface area (Å²) in [5.41, 5.74) is -0.732. The van der Waals surface area contributed by atoms with E-state index in [1.54, 1.807) is 11.5 Å². The van der Waals surface area contributed by atoms with Crippen molar-refractivity contribution in [2.75, 3.05) is 7.11 Å². The van der Waals surface area contributed by atoms with Crippen LogP contribution in [0.15, 0.2) is 29.3 Å². The molecule has 0 N–H and O–H groups in total. The van der Waals surface area contributed by atoms with Gasteiger partial charge in [-0.15, -0.1) is 0 Å². The van der Waals surface area contributed by atoms with Gasteiger partial charge in [-0.3, -0.25) is 8.75 Å². The maximum absolute atomic E-state index is 13.1. The van der Waals surface area contributed by atoms with Crippen LogP contribution in [0.1, 0.15) is 54.4 Å². The second-order valence-corrected chi connectivity index (χ2v) is 9.11. The SMILES string of the molecule is COc1ccc(C(F)(F)F)cc1C(=O)/N=c1\cc(C(C)(C)C)sn1CC1CC1. The van der Waals surface area contributed by atoms with Crippen molar-refractivity contribution in [3.8, 4) is 5.75 Å². The largest absolute Gasteiger partial charge is 0.496 e. The number of hydrogen-bond donors (Lipinski definition) is 0. The van der Waals surface area contributed by atoms with Gasteiger partial charge in [0.15, 0.2) is 0 Å². The third-order valence-corrected chi connectivity index (χ3v) is 6.04. The Morgan fingerprint density at radius 1 is 1.25 bits per heavy atom. The van der Waals surface area contributed by atoms with Crippen LogP contribution in [0.25, 0.3) is 0 Å². The van der Waals surface area contributed by atoms with Gasteiger partial charge in [0.2, 0.25) is 0 Å². The average molecular weight is 412 g/mol. The number of ether oxygens (including phenoxy) is 1. The Kier molecular flexibility index (Phi) is 5.44. The molecule has 0 aliphatic heterocycles. The highest BCUT2D eigenvalue weighted by molar-refractivity contribution is 7.06. The summed E-state index contributed by atoms with van der Waals surface area (Å²) in [4.78, 5) is 18.0. The van der Waals surface area contributed by atoms with Crippen LogP contribution < -0.4 is 10.2 Å². The minimum atomic E-state index is -4.55. The minimum absolute atomic E-state index is 0.0711. The second-order valence-electron chi connectivity index (χ2n) is 8.04. The molecule has 1 aromatic heterocycles. The molecular weight excluding hydrogens is 389 g/mol. The normalized spacial score (nSPS) is 15.8. The number of carbonyl (C=O) groups is 1. The van der Waals surface area contributed by atoms with Gasteiger partial charge in [-0.25, -0.2) is 0 Å². The summed E-state index contributed by atoms with van der Waals surface area (Å²) >= 11 is 1.55. The molecule has 0 bridgehead atoms. The minimum Gasteiger partial charge on any atom is -0.496 e. The van der Waals surface area contributed by atoms with Gasteiger partial charge in [0.25, 0.3) is 5.91 Å². The van der Waals surface area contributed by atoms with Crippen molar-refractivity contribution < 1.29 is 22.7 Å². The van der Waals surface area contributed by atoms with Crippen molar-refractivity contribution in [3.05, 3.63) is 45.8 Å². The fourth-order valence-electron chi connectivity index (χ4n) is 2.70. The number of nitrogens with zero attached hydrogens (tertiary/aromatic N) is 2. The molecule has 4 nitrogen and oxygen atoms in total. The summed E-state index contributed by atoms with van der Waals surface area (Å²) < 4.78 is 46.2. The van der Waals surface area contributed by atoms with E-state index in [0.29, 0.717) is 11.4 Å². The molecule has 28 heavy (non-hydrogen) atoms. The number of carbonyl (C=O) groups excluding carboxylic acids is 1. The summed E-state index contributed by atoms with van der Waals surface area (Å²) in [5, 5.41) is 0. The predicted octanol–water partition coefficient (Wildman–Crippen LogP) is 5.03. The molecule has 0 atom stereocenters. The van der Waals surface area contributed by atoms with Crippen LogP contribution in [0, 0.1) is 5.92 Å². The molecule has 3 rings (SSSR count). The second kappa shape index (κ2) is 7.39. The maximum Gasteiger partial charge on any atom is 0.416 e. The lowest BCUT2D eigenvalue weighted by Crippen LogP contribution is -2.18. The fraction of sp³-hybridized carbons (Fsp3) is 0.500. The average Bonchev–Trinajstić information content (AvgIpc) is 3.32. The first-order valence-electron chi connectivity index (χ1n) is 9.05. The third-order valence-electron chi connectivity index (χ3n) is 4.56. The molecule has 1 aromatic carbocycles. The van der Waals surface area contributed by atoms with Crippen molar-refractivity contribution >= 4 is 17.4 Å². The molecule has 0 saturated heterocycles. The molecule has 1 amide bonds. The van der Waals surface area contributed by atoms with E-state index in [1.165, 1.54) is 7.11 Å². The summed E-state index contributed by atoms with van der Waals surface area (Å²) in [6.45, 7) is 6.98.